The summed E-state index contributed by atoms with van der Waals surface area (Å²) in [6, 6.07) is 4.63. The standard InChI is InChI=1S/C14H20FNO2S/c1-10(2)8-17-5-6-18-9-11-3-4-13(15)12(7-11)14(16)19/h3-4,7,10H,5-6,8-9H2,1-2H3,(H2,16,19). The number of hydrogen-bond donors (Lipinski definition) is 1. The molecule has 0 atom stereocenters. The van der Waals surface area contributed by atoms with Crippen molar-refractivity contribution in [1.82, 2.24) is 0 Å². The highest BCUT2D eigenvalue weighted by atomic mass is 32.1. The lowest BCUT2D eigenvalue weighted by Gasteiger charge is -2.08. The lowest BCUT2D eigenvalue weighted by atomic mass is 10.1. The molecular weight excluding hydrogens is 265 g/mol. The first-order valence-corrected chi connectivity index (χ1v) is 6.65. The molecule has 0 spiro atoms. The van der Waals surface area contributed by atoms with E-state index in [9.17, 15) is 4.39 Å². The van der Waals surface area contributed by atoms with Crippen molar-refractivity contribution in [1.29, 1.82) is 0 Å². The van der Waals surface area contributed by atoms with Gasteiger partial charge in [-0.2, -0.15) is 0 Å². The maximum absolute atomic E-state index is 13.4. The largest absolute Gasteiger partial charge is 0.389 e. The number of thiocarbonyl (C=S) groups is 1. The van der Waals surface area contributed by atoms with Crippen LogP contribution in [0.4, 0.5) is 4.39 Å². The van der Waals surface area contributed by atoms with E-state index < -0.39 is 5.82 Å². The number of rotatable bonds is 8. The Morgan fingerprint density at radius 1 is 1.32 bits per heavy atom. The molecule has 106 valence electrons. The average Bonchev–Trinajstić information content (AvgIpc) is 2.34. The first-order chi connectivity index (χ1) is 9.00. The van der Waals surface area contributed by atoms with Crippen LogP contribution in [-0.4, -0.2) is 24.8 Å². The Kier molecular flexibility index (Phi) is 6.91. The highest BCUT2D eigenvalue weighted by Gasteiger charge is 2.06. The van der Waals surface area contributed by atoms with Crippen molar-refractivity contribution in [2.45, 2.75) is 20.5 Å². The van der Waals surface area contributed by atoms with Gasteiger partial charge in [0, 0.05) is 12.2 Å². The Hall–Kier alpha value is -1.04. The number of nitrogens with two attached hydrogens (primary N) is 1. The van der Waals surface area contributed by atoms with Crippen molar-refractivity contribution in [3.63, 3.8) is 0 Å². The second-order valence-corrected chi connectivity index (χ2v) is 5.14. The van der Waals surface area contributed by atoms with E-state index in [1.807, 2.05) is 0 Å². The maximum Gasteiger partial charge on any atom is 0.133 e. The van der Waals surface area contributed by atoms with Gasteiger partial charge in [0.15, 0.2) is 0 Å². The zero-order valence-electron chi connectivity index (χ0n) is 11.3. The number of halogens is 1. The fourth-order valence-electron chi connectivity index (χ4n) is 1.48. The van der Waals surface area contributed by atoms with Gasteiger partial charge in [-0.25, -0.2) is 4.39 Å². The Balaban J connectivity index is 2.34. The molecule has 3 nitrogen and oxygen atoms in total. The molecule has 5 heteroatoms. The quantitative estimate of drug-likeness (QED) is 0.589. The predicted octanol–water partition coefficient (Wildman–Crippen LogP) is 2.65. The summed E-state index contributed by atoms with van der Waals surface area (Å²) < 4.78 is 24.2. The molecule has 0 aromatic heterocycles. The smallest absolute Gasteiger partial charge is 0.133 e. The zero-order valence-corrected chi connectivity index (χ0v) is 12.1. The van der Waals surface area contributed by atoms with Crippen LogP contribution in [0.5, 0.6) is 0 Å². The van der Waals surface area contributed by atoms with E-state index >= 15 is 0 Å². The van der Waals surface area contributed by atoms with Crippen LogP contribution >= 0.6 is 12.2 Å². The maximum atomic E-state index is 13.4. The molecule has 0 aliphatic heterocycles. The Morgan fingerprint density at radius 3 is 2.63 bits per heavy atom. The van der Waals surface area contributed by atoms with Crippen molar-refractivity contribution in [3.8, 4) is 0 Å². The number of benzene rings is 1. The van der Waals surface area contributed by atoms with Crippen LogP contribution in [0.3, 0.4) is 0 Å². The zero-order chi connectivity index (χ0) is 14.3. The average molecular weight is 285 g/mol. The minimum Gasteiger partial charge on any atom is -0.389 e. The molecule has 0 aliphatic rings. The van der Waals surface area contributed by atoms with Gasteiger partial charge in [-0.1, -0.05) is 32.1 Å². The van der Waals surface area contributed by atoms with E-state index in [-0.39, 0.29) is 10.6 Å². The van der Waals surface area contributed by atoms with E-state index in [0.29, 0.717) is 25.7 Å². The Labute approximate surface area is 118 Å². The molecule has 0 fully saturated rings. The number of ether oxygens (including phenoxy) is 2. The summed E-state index contributed by atoms with van der Waals surface area (Å²) >= 11 is 4.78. The minimum absolute atomic E-state index is 0.0552. The molecule has 0 bridgehead atoms. The number of hydrogen-bond acceptors (Lipinski definition) is 3. The minimum atomic E-state index is -0.406. The molecule has 1 aromatic carbocycles. The molecule has 1 aromatic rings. The van der Waals surface area contributed by atoms with Gasteiger partial charge < -0.3 is 15.2 Å². The monoisotopic (exact) mass is 285 g/mol. The van der Waals surface area contributed by atoms with Gasteiger partial charge in [0.05, 0.1) is 19.8 Å². The van der Waals surface area contributed by atoms with Crippen LogP contribution in [0.1, 0.15) is 25.0 Å². The van der Waals surface area contributed by atoms with Gasteiger partial charge in [-0.15, -0.1) is 0 Å². The predicted molar refractivity (Wildman–Crippen MR) is 77.6 cm³/mol. The molecule has 19 heavy (non-hydrogen) atoms. The van der Waals surface area contributed by atoms with Gasteiger partial charge in [0.1, 0.15) is 10.8 Å². The molecule has 0 saturated carbocycles. The Morgan fingerprint density at radius 2 is 2.00 bits per heavy atom. The molecule has 1 rings (SSSR count). The first-order valence-electron chi connectivity index (χ1n) is 6.24. The lowest BCUT2D eigenvalue weighted by Crippen LogP contribution is -2.12. The van der Waals surface area contributed by atoms with Crippen LogP contribution in [0.25, 0.3) is 0 Å². The van der Waals surface area contributed by atoms with Gasteiger partial charge in [-0.05, 0) is 23.6 Å². The van der Waals surface area contributed by atoms with E-state index in [1.165, 1.54) is 6.07 Å². The SMILES string of the molecule is CC(C)COCCOCc1ccc(F)c(C(N)=S)c1. The third-order valence-corrected chi connectivity index (χ3v) is 2.61. The highest BCUT2D eigenvalue weighted by Crippen LogP contribution is 2.11. The van der Waals surface area contributed by atoms with Crippen LogP contribution < -0.4 is 5.73 Å². The van der Waals surface area contributed by atoms with Crippen LogP contribution in [0.15, 0.2) is 18.2 Å². The summed E-state index contributed by atoms with van der Waals surface area (Å²) in [5, 5.41) is 0. The van der Waals surface area contributed by atoms with Gasteiger partial charge in [-0.3, -0.25) is 0 Å². The third-order valence-electron chi connectivity index (χ3n) is 2.39. The second-order valence-electron chi connectivity index (χ2n) is 4.70. The van der Waals surface area contributed by atoms with Crippen LogP contribution in [-0.2, 0) is 16.1 Å². The van der Waals surface area contributed by atoms with E-state index in [4.69, 9.17) is 27.4 Å². The topological polar surface area (TPSA) is 44.5 Å². The third kappa shape index (κ3) is 6.09. The summed E-state index contributed by atoms with van der Waals surface area (Å²) in [5.74, 6) is 0.113. The van der Waals surface area contributed by atoms with E-state index in [2.05, 4.69) is 13.8 Å². The first kappa shape index (κ1) is 16.0. The molecule has 0 heterocycles. The summed E-state index contributed by atoms with van der Waals surface area (Å²) in [7, 11) is 0. The van der Waals surface area contributed by atoms with Crippen molar-refractivity contribution < 1.29 is 13.9 Å². The fraction of sp³-hybridized carbons (Fsp3) is 0.500. The lowest BCUT2D eigenvalue weighted by molar-refractivity contribution is 0.0314. The molecular formula is C14H20FNO2S. The highest BCUT2D eigenvalue weighted by molar-refractivity contribution is 7.80. The fourth-order valence-corrected chi connectivity index (χ4v) is 1.63. The summed E-state index contributed by atoms with van der Waals surface area (Å²) in [4.78, 5) is 0.0552. The van der Waals surface area contributed by atoms with Crippen LogP contribution in [0, 0.1) is 11.7 Å². The summed E-state index contributed by atoms with van der Waals surface area (Å²) in [6.07, 6.45) is 0. The molecule has 0 saturated heterocycles. The molecule has 0 aliphatic carbocycles. The molecule has 2 N–H and O–H groups in total. The Bertz CT molecular complexity index is 424. The van der Waals surface area contributed by atoms with Crippen molar-refractivity contribution >= 4 is 17.2 Å². The van der Waals surface area contributed by atoms with Gasteiger partial charge >= 0.3 is 0 Å². The van der Waals surface area contributed by atoms with Crippen molar-refractivity contribution in [2.24, 2.45) is 11.7 Å². The van der Waals surface area contributed by atoms with E-state index in [0.717, 1.165) is 12.2 Å². The normalized spacial score (nSPS) is 10.9. The van der Waals surface area contributed by atoms with E-state index in [1.54, 1.807) is 12.1 Å². The van der Waals surface area contributed by atoms with Gasteiger partial charge in [0.2, 0.25) is 0 Å². The molecule has 0 unspecified atom stereocenters. The van der Waals surface area contributed by atoms with Crippen molar-refractivity contribution in [3.05, 3.63) is 35.1 Å². The second kappa shape index (κ2) is 8.19. The van der Waals surface area contributed by atoms with Crippen molar-refractivity contribution in [2.75, 3.05) is 19.8 Å². The molecule has 0 amide bonds. The summed E-state index contributed by atoms with van der Waals surface area (Å²) in [6.45, 7) is 6.37. The molecule has 0 radical (unpaired) electrons. The van der Waals surface area contributed by atoms with Crippen LogP contribution in [0.2, 0.25) is 0 Å². The summed E-state index contributed by atoms with van der Waals surface area (Å²) in [5.41, 5.74) is 6.53. The van der Waals surface area contributed by atoms with Gasteiger partial charge in [0.25, 0.3) is 0 Å².